The first-order valence-electron chi connectivity index (χ1n) is 25.1. The minimum atomic E-state index is 0.0645. The Balaban J connectivity index is 0.994. The molecule has 0 saturated carbocycles. The van der Waals surface area contributed by atoms with Crippen LogP contribution in [0.1, 0.15) is 128 Å². The maximum Gasteiger partial charge on any atom is 0.178 e. The van der Waals surface area contributed by atoms with Gasteiger partial charge in [-0.2, -0.15) is 0 Å². The predicted octanol–water partition coefficient (Wildman–Crippen LogP) is 19.6. The summed E-state index contributed by atoms with van der Waals surface area (Å²) in [4.78, 5) is 2.36. The second-order valence-corrected chi connectivity index (χ2v) is 24.0. The molecule has 2 heterocycles. The van der Waals surface area contributed by atoms with Crippen molar-refractivity contribution in [1.29, 1.82) is 0 Å². The van der Waals surface area contributed by atoms with Gasteiger partial charge in [-0.05, 0) is 155 Å². The molecule has 11 rings (SSSR count). The van der Waals surface area contributed by atoms with Crippen molar-refractivity contribution >= 4 is 82.5 Å². The van der Waals surface area contributed by atoms with E-state index < -0.39 is 0 Å². The standard InChI is InChI=1S/C67H65NO2/c1-64(2,3)48-20-15-41(16-21-48)61(42-17-22-49(23-18-42)65(4,5)6)45-14-13-43-37-57-55-33-34-56-58-38-44-19-28-54(36-47(44)40-60(58)70-63(56)62(55)69-59(57)39-46(43)35-45)68(52-29-24-50(25-30-52)66(7,8)9)53-31-26-51(27-32-53)67(10,11)12/h13-40,61H,1-12H3. The first-order chi connectivity index (χ1) is 33.2. The van der Waals surface area contributed by atoms with Gasteiger partial charge in [-0.15, -0.1) is 0 Å². The van der Waals surface area contributed by atoms with Crippen LogP contribution in [0.2, 0.25) is 0 Å². The summed E-state index contributed by atoms with van der Waals surface area (Å²) in [6, 6.07) is 63.7. The molecule has 3 heteroatoms. The second-order valence-electron chi connectivity index (χ2n) is 24.0. The Morgan fingerprint density at radius 3 is 1.04 bits per heavy atom. The summed E-state index contributed by atoms with van der Waals surface area (Å²) in [5.74, 6) is 0.0728. The quantitative estimate of drug-likeness (QED) is 0.156. The molecule has 70 heavy (non-hydrogen) atoms. The molecule has 0 N–H and O–H groups in total. The lowest BCUT2D eigenvalue weighted by molar-refractivity contribution is 0.589. The number of fused-ring (bicyclic) bond motifs is 9. The van der Waals surface area contributed by atoms with Crippen molar-refractivity contribution in [3.8, 4) is 0 Å². The number of hydrogen-bond donors (Lipinski definition) is 0. The lowest BCUT2D eigenvalue weighted by atomic mass is 9.80. The molecule has 0 amide bonds. The van der Waals surface area contributed by atoms with E-state index >= 15 is 0 Å². The van der Waals surface area contributed by atoms with Gasteiger partial charge in [0.2, 0.25) is 0 Å². The third-order valence-electron chi connectivity index (χ3n) is 14.8. The average Bonchev–Trinajstić information content (AvgIpc) is 3.87. The molecule has 0 saturated heterocycles. The molecule has 0 aliphatic rings. The Labute approximate surface area is 413 Å². The van der Waals surface area contributed by atoms with Crippen LogP contribution >= 0.6 is 0 Å². The lowest BCUT2D eigenvalue weighted by Gasteiger charge is -2.28. The Hall–Kier alpha value is -7.10. The van der Waals surface area contributed by atoms with Crippen molar-refractivity contribution in [3.05, 3.63) is 209 Å². The van der Waals surface area contributed by atoms with Crippen LogP contribution in [0.3, 0.4) is 0 Å². The summed E-state index contributed by atoms with van der Waals surface area (Å²) in [6.45, 7) is 27.2. The fraction of sp³-hybridized carbons (Fsp3) is 0.254. The van der Waals surface area contributed by atoms with Crippen molar-refractivity contribution in [3.63, 3.8) is 0 Å². The summed E-state index contributed by atoms with van der Waals surface area (Å²) in [5.41, 5.74) is 16.0. The maximum absolute atomic E-state index is 6.87. The van der Waals surface area contributed by atoms with Gasteiger partial charge in [-0.1, -0.05) is 180 Å². The molecule has 0 radical (unpaired) electrons. The topological polar surface area (TPSA) is 29.5 Å². The third kappa shape index (κ3) is 8.13. The van der Waals surface area contributed by atoms with Gasteiger partial charge in [-0.25, -0.2) is 0 Å². The smallest absolute Gasteiger partial charge is 0.178 e. The summed E-state index contributed by atoms with van der Waals surface area (Å²) in [6.07, 6.45) is 0. The largest absolute Gasteiger partial charge is 0.452 e. The number of rotatable bonds is 6. The monoisotopic (exact) mass is 916 g/mol. The molecule has 0 atom stereocenters. The number of hydrogen-bond acceptors (Lipinski definition) is 3. The van der Waals surface area contributed by atoms with Crippen LogP contribution in [0, 0.1) is 0 Å². The van der Waals surface area contributed by atoms with Crippen molar-refractivity contribution < 1.29 is 8.83 Å². The van der Waals surface area contributed by atoms with E-state index in [9.17, 15) is 0 Å². The molecular formula is C67H65NO2. The number of anilines is 3. The van der Waals surface area contributed by atoms with Gasteiger partial charge in [0.15, 0.2) is 11.2 Å². The molecule has 350 valence electrons. The summed E-state index contributed by atoms with van der Waals surface area (Å²) >= 11 is 0. The molecule has 0 fully saturated rings. The maximum atomic E-state index is 6.87. The van der Waals surface area contributed by atoms with Crippen molar-refractivity contribution in [2.45, 2.75) is 111 Å². The predicted molar refractivity (Wildman–Crippen MR) is 299 cm³/mol. The number of nitrogens with zero attached hydrogens (tertiary/aromatic N) is 1. The molecule has 11 aromatic rings. The Kier molecular flexibility index (Phi) is 10.5. The van der Waals surface area contributed by atoms with E-state index in [1.165, 1.54) is 44.3 Å². The van der Waals surface area contributed by atoms with E-state index in [-0.39, 0.29) is 27.6 Å². The average molecular weight is 916 g/mol. The first-order valence-corrected chi connectivity index (χ1v) is 25.1. The van der Waals surface area contributed by atoms with E-state index in [4.69, 9.17) is 8.83 Å². The van der Waals surface area contributed by atoms with Gasteiger partial charge in [0.05, 0.1) is 0 Å². The molecule has 3 nitrogen and oxygen atoms in total. The fourth-order valence-electron chi connectivity index (χ4n) is 10.5. The van der Waals surface area contributed by atoms with Crippen LogP contribution < -0.4 is 4.90 Å². The minimum Gasteiger partial charge on any atom is -0.452 e. The second kappa shape index (κ2) is 16.2. The van der Waals surface area contributed by atoms with Gasteiger partial charge >= 0.3 is 0 Å². The summed E-state index contributed by atoms with van der Waals surface area (Å²) in [7, 11) is 0. The van der Waals surface area contributed by atoms with E-state index in [0.29, 0.717) is 0 Å². The Morgan fingerprint density at radius 2 is 0.643 bits per heavy atom. The van der Waals surface area contributed by atoms with E-state index in [1.54, 1.807) is 0 Å². The van der Waals surface area contributed by atoms with Gasteiger partial charge in [0, 0.05) is 44.5 Å². The van der Waals surface area contributed by atoms with E-state index in [1.807, 2.05) is 0 Å². The summed E-state index contributed by atoms with van der Waals surface area (Å²) in [5, 5.41) is 8.88. The third-order valence-corrected chi connectivity index (χ3v) is 14.8. The van der Waals surface area contributed by atoms with Crippen LogP contribution in [0.5, 0.6) is 0 Å². The number of furan rings is 2. The molecule has 0 spiro atoms. The Morgan fingerprint density at radius 1 is 0.300 bits per heavy atom. The molecule has 0 unspecified atom stereocenters. The minimum absolute atomic E-state index is 0.0645. The molecule has 9 aromatic carbocycles. The molecule has 0 bridgehead atoms. The molecule has 0 aliphatic carbocycles. The van der Waals surface area contributed by atoms with E-state index in [2.05, 4.69) is 258 Å². The molecular weight excluding hydrogens is 851 g/mol. The molecule has 0 aliphatic heterocycles. The van der Waals surface area contributed by atoms with Gasteiger partial charge in [-0.3, -0.25) is 0 Å². The zero-order chi connectivity index (χ0) is 49.1. The van der Waals surface area contributed by atoms with Crippen LogP contribution in [-0.4, -0.2) is 0 Å². The van der Waals surface area contributed by atoms with Gasteiger partial charge in [0.25, 0.3) is 0 Å². The van der Waals surface area contributed by atoms with Crippen molar-refractivity contribution in [2.75, 3.05) is 4.90 Å². The summed E-state index contributed by atoms with van der Waals surface area (Å²) < 4.78 is 13.7. The van der Waals surface area contributed by atoms with Crippen LogP contribution in [0.25, 0.3) is 65.4 Å². The zero-order valence-electron chi connectivity index (χ0n) is 43.0. The zero-order valence-corrected chi connectivity index (χ0v) is 43.0. The van der Waals surface area contributed by atoms with E-state index in [0.717, 1.165) is 77.1 Å². The van der Waals surface area contributed by atoms with Crippen molar-refractivity contribution in [2.24, 2.45) is 0 Å². The SMILES string of the molecule is CC(C)(C)c1ccc(C(c2ccc(C(C)(C)C)cc2)c2ccc3cc4c(cc3c2)oc2c4ccc3c4cc5ccc(N(c6ccc(C(C)(C)C)cc6)c6ccc(C(C)(C)C)cc6)cc5cc4oc32)cc1. The Bertz CT molecular complexity index is 3390. The highest BCUT2D eigenvalue weighted by atomic mass is 16.4. The highest BCUT2D eigenvalue weighted by molar-refractivity contribution is 6.21. The fourth-order valence-corrected chi connectivity index (χ4v) is 10.5. The van der Waals surface area contributed by atoms with Crippen molar-refractivity contribution in [1.82, 2.24) is 0 Å². The normalized spacial score (nSPS) is 13.0. The van der Waals surface area contributed by atoms with Crippen LogP contribution in [-0.2, 0) is 21.7 Å². The first kappa shape index (κ1) is 45.3. The lowest BCUT2D eigenvalue weighted by Crippen LogP contribution is -2.14. The highest BCUT2D eigenvalue weighted by Crippen LogP contribution is 2.44. The van der Waals surface area contributed by atoms with Gasteiger partial charge in [0.1, 0.15) is 11.2 Å². The molecule has 2 aromatic heterocycles. The van der Waals surface area contributed by atoms with Crippen LogP contribution in [0.15, 0.2) is 179 Å². The highest BCUT2D eigenvalue weighted by Gasteiger charge is 2.24. The number of benzene rings is 9. The van der Waals surface area contributed by atoms with Gasteiger partial charge < -0.3 is 13.7 Å². The van der Waals surface area contributed by atoms with Crippen LogP contribution in [0.4, 0.5) is 17.1 Å².